The quantitative estimate of drug-likeness (QED) is 0.448. The van der Waals surface area contributed by atoms with Crippen molar-refractivity contribution in [1.82, 2.24) is 0 Å². The summed E-state index contributed by atoms with van der Waals surface area (Å²) in [4.78, 5) is 0. The number of hydrogen-bond acceptors (Lipinski definition) is 1. The number of aliphatic hydroxyl groups excluding tert-OH is 1. The van der Waals surface area contributed by atoms with E-state index in [0.29, 0.717) is 0 Å². The highest BCUT2D eigenvalue weighted by atomic mass is 16.2. The minimum Gasteiger partial charge on any atom is -0.396 e. The van der Waals surface area contributed by atoms with E-state index >= 15 is 0 Å². The van der Waals surface area contributed by atoms with Crippen LogP contribution in [-0.4, -0.2) is 11.7 Å². The van der Waals surface area contributed by atoms with Gasteiger partial charge in [0.05, 0.1) is 0 Å². The van der Waals surface area contributed by atoms with E-state index in [1.165, 1.54) is 0 Å². The summed E-state index contributed by atoms with van der Waals surface area (Å²) in [7, 11) is 0. The standard InChI is InChI=1S/C8H12O/c1-3-4-5-8(2)6-7-9/h4-5,9H,1,6-7H2,2H3. The molecule has 0 amide bonds. The molecule has 0 aliphatic rings. The molecule has 0 aromatic heterocycles. The molecular weight excluding hydrogens is 112 g/mol. The van der Waals surface area contributed by atoms with Crippen LogP contribution in [0.15, 0.2) is 30.0 Å². The fourth-order valence-corrected chi connectivity index (χ4v) is 0.461. The van der Waals surface area contributed by atoms with E-state index in [2.05, 4.69) is 12.3 Å². The highest BCUT2D eigenvalue weighted by Crippen LogP contribution is 1.96. The molecule has 0 saturated carbocycles. The van der Waals surface area contributed by atoms with Crippen LogP contribution in [0.1, 0.15) is 13.3 Å². The molecular formula is C8H12O. The summed E-state index contributed by atoms with van der Waals surface area (Å²) >= 11 is 0. The Morgan fingerprint density at radius 3 is 2.89 bits per heavy atom. The third-order valence-electron chi connectivity index (χ3n) is 0.992. The second-order valence-electron chi connectivity index (χ2n) is 1.86. The summed E-state index contributed by atoms with van der Waals surface area (Å²) in [6, 6.07) is 0. The lowest BCUT2D eigenvalue weighted by atomic mass is 10.2. The highest BCUT2D eigenvalue weighted by molar-refractivity contribution is 5.08. The summed E-state index contributed by atoms with van der Waals surface area (Å²) in [5.74, 6) is 0. The average Bonchev–Trinajstić information content (AvgIpc) is 1.85. The Bertz CT molecular complexity index is 139. The van der Waals surface area contributed by atoms with E-state index in [1.807, 2.05) is 13.0 Å². The molecule has 0 aromatic carbocycles. The molecule has 0 aliphatic carbocycles. The van der Waals surface area contributed by atoms with Gasteiger partial charge in [-0.15, -0.1) is 5.73 Å². The number of aliphatic hydroxyl groups is 1. The predicted octanol–water partition coefficient (Wildman–Crippen LogP) is 1.66. The Morgan fingerprint density at radius 1 is 1.78 bits per heavy atom. The van der Waals surface area contributed by atoms with Crippen molar-refractivity contribution in [2.45, 2.75) is 13.3 Å². The van der Waals surface area contributed by atoms with Crippen molar-refractivity contribution >= 4 is 0 Å². The normalized spacial score (nSPS) is 10.7. The molecule has 0 radical (unpaired) electrons. The summed E-state index contributed by atoms with van der Waals surface area (Å²) in [6.07, 6.45) is 4.37. The highest BCUT2D eigenvalue weighted by Gasteiger charge is 1.82. The molecule has 1 heteroatoms. The van der Waals surface area contributed by atoms with Crippen molar-refractivity contribution in [3.63, 3.8) is 0 Å². The third kappa shape index (κ3) is 5.09. The third-order valence-corrected chi connectivity index (χ3v) is 0.992. The van der Waals surface area contributed by atoms with Gasteiger partial charge in [0.15, 0.2) is 0 Å². The van der Waals surface area contributed by atoms with Crippen LogP contribution in [0, 0.1) is 0 Å². The smallest absolute Gasteiger partial charge is 0.0468 e. The molecule has 0 saturated heterocycles. The molecule has 0 rings (SSSR count). The lowest BCUT2D eigenvalue weighted by molar-refractivity contribution is 0.299. The summed E-state index contributed by atoms with van der Waals surface area (Å²) in [6.45, 7) is 5.58. The van der Waals surface area contributed by atoms with E-state index in [9.17, 15) is 0 Å². The van der Waals surface area contributed by atoms with Crippen LogP contribution in [0.25, 0.3) is 0 Å². The Balaban J connectivity index is 3.68. The Labute approximate surface area is 56.0 Å². The van der Waals surface area contributed by atoms with Crippen molar-refractivity contribution < 1.29 is 5.11 Å². The van der Waals surface area contributed by atoms with Gasteiger partial charge in [0, 0.05) is 6.61 Å². The van der Waals surface area contributed by atoms with Gasteiger partial charge in [0.1, 0.15) is 0 Å². The van der Waals surface area contributed by atoms with E-state index in [0.717, 1.165) is 12.0 Å². The largest absolute Gasteiger partial charge is 0.396 e. The second-order valence-corrected chi connectivity index (χ2v) is 1.86. The maximum Gasteiger partial charge on any atom is 0.0468 e. The van der Waals surface area contributed by atoms with Crippen molar-refractivity contribution in [1.29, 1.82) is 0 Å². The molecule has 0 aromatic rings. The maximum absolute atomic E-state index is 8.45. The zero-order chi connectivity index (χ0) is 7.11. The maximum atomic E-state index is 8.45. The summed E-state index contributed by atoms with van der Waals surface area (Å²) < 4.78 is 0. The van der Waals surface area contributed by atoms with Crippen molar-refractivity contribution in [2.75, 3.05) is 6.61 Å². The zero-order valence-corrected chi connectivity index (χ0v) is 5.72. The number of allylic oxidation sites excluding steroid dienone is 2. The molecule has 0 unspecified atom stereocenters. The topological polar surface area (TPSA) is 20.2 Å². The monoisotopic (exact) mass is 124 g/mol. The van der Waals surface area contributed by atoms with Crippen LogP contribution in [0.2, 0.25) is 0 Å². The van der Waals surface area contributed by atoms with Crippen LogP contribution >= 0.6 is 0 Å². The van der Waals surface area contributed by atoms with Gasteiger partial charge < -0.3 is 5.11 Å². The summed E-state index contributed by atoms with van der Waals surface area (Å²) in [5, 5.41) is 8.45. The second kappa shape index (κ2) is 5.36. The van der Waals surface area contributed by atoms with Gasteiger partial charge in [-0.3, -0.25) is 0 Å². The van der Waals surface area contributed by atoms with Crippen molar-refractivity contribution in [3.05, 3.63) is 30.0 Å². The fraction of sp³-hybridized carbons (Fsp3) is 0.375. The van der Waals surface area contributed by atoms with Gasteiger partial charge in [-0.1, -0.05) is 18.2 Å². The molecule has 0 heterocycles. The molecule has 1 nitrogen and oxygen atoms in total. The lowest BCUT2D eigenvalue weighted by Gasteiger charge is -1.91. The molecule has 50 valence electrons. The molecule has 0 aliphatic heterocycles. The number of rotatable bonds is 3. The van der Waals surface area contributed by atoms with Crippen LogP contribution in [0.5, 0.6) is 0 Å². The van der Waals surface area contributed by atoms with Crippen LogP contribution in [0.4, 0.5) is 0 Å². The Kier molecular flexibility index (Phi) is 4.89. The molecule has 1 N–H and O–H groups in total. The molecule has 0 bridgehead atoms. The molecule has 0 atom stereocenters. The molecule has 0 fully saturated rings. The zero-order valence-electron chi connectivity index (χ0n) is 5.72. The van der Waals surface area contributed by atoms with Gasteiger partial charge in [0.2, 0.25) is 0 Å². The van der Waals surface area contributed by atoms with E-state index in [4.69, 9.17) is 5.11 Å². The first kappa shape index (κ1) is 8.22. The number of hydrogen-bond donors (Lipinski definition) is 1. The fourth-order valence-electron chi connectivity index (χ4n) is 0.461. The first-order valence-corrected chi connectivity index (χ1v) is 2.93. The van der Waals surface area contributed by atoms with Gasteiger partial charge >= 0.3 is 0 Å². The van der Waals surface area contributed by atoms with E-state index < -0.39 is 0 Å². The van der Waals surface area contributed by atoms with Crippen LogP contribution in [-0.2, 0) is 0 Å². The predicted molar refractivity (Wildman–Crippen MR) is 39.2 cm³/mol. The first-order valence-electron chi connectivity index (χ1n) is 2.93. The van der Waals surface area contributed by atoms with Crippen molar-refractivity contribution in [2.24, 2.45) is 0 Å². The van der Waals surface area contributed by atoms with E-state index in [1.54, 1.807) is 6.08 Å². The minimum absolute atomic E-state index is 0.216. The van der Waals surface area contributed by atoms with Gasteiger partial charge in [-0.05, 0) is 19.4 Å². The summed E-state index contributed by atoms with van der Waals surface area (Å²) in [5.41, 5.74) is 3.77. The minimum atomic E-state index is 0.216. The van der Waals surface area contributed by atoms with Gasteiger partial charge in [0.25, 0.3) is 0 Å². The first-order chi connectivity index (χ1) is 4.31. The SMILES string of the molecule is C=C=CC=C(C)CCO. The van der Waals surface area contributed by atoms with Gasteiger partial charge in [-0.2, -0.15) is 0 Å². The Morgan fingerprint density at radius 2 is 2.44 bits per heavy atom. The average molecular weight is 124 g/mol. The lowest BCUT2D eigenvalue weighted by Crippen LogP contribution is -1.81. The Hall–Kier alpha value is -0.780. The molecule has 0 spiro atoms. The van der Waals surface area contributed by atoms with Gasteiger partial charge in [-0.25, -0.2) is 0 Å². The van der Waals surface area contributed by atoms with Crippen molar-refractivity contribution in [3.8, 4) is 0 Å². The van der Waals surface area contributed by atoms with Crippen LogP contribution < -0.4 is 0 Å². The van der Waals surface area contributed by atoms with Crippen LogP contribution in [0.3, 0.4) is 0 Å². The van der Waals surface area contributed by atoms with E-state index in [-0.39, 0.29) is 6.61 Å². The molecule has 9 heavy (non-hydrogen) atoms.